The Kier molecular flexibility index (Phi) is 6.86. The van der Waals surface area contributed by atoms with Gasteiger partial charge in [0.15, 0.2) is 10.8 Å². The van der Waals surface area contributed by atoms with Crippen molar-refractivity contribution in [2.75, 3.05) is 37.7 Å². The fraction of sp³-hybridized carbons (Fsp3) is 0.500. The van der Waals surface area contributed by atoms with Gasteiger partial charge in [0.1, 0.15) is 5.82 Å². The van der Waals surface area contributed by atoms with Crippen molar-refractivity contribution >= 4 is 45.9 Å². The van der Waals surface area contributed by atoms with Crippen LogP contribution in [0.1, 0.15) is 18.7 Å². The van der Waals surface area contributed by atoms with E-state index in [1.807, 2.05) is 28.4 Å². The second-order valence-corrected chi connectivity index (χ2v) is 9.88. The number of hydrogen-bond acceptors (Lipinski definition) is 8. The highest BCUT2D eigenvalue weighted by Crippen LogP contribution is 2.29. The molecule has 0 atom stereocenters. The fourth-order valence-electron chi connectivity index (χ4n) is 3.30. The molecule has 0 radical (unpaired) electrons. The molecule has 0 aromatic carbocycles. The number of thiophene rings is 1. The van der Waals surface area contributed by atoms with Gasteiger partial charge in [0.05, 0.1) is 37.8 Å². The maximum Gasteiger partial charge on any atom is 0.225 e. The summed E-state index contributed by atoms with van der Waals surface area (Å²) in [6, 6.07) is 3.94. The van der Waals surface area contributed by atoms with Crippen molar-refractivity contribution in [3.63, 3.8) is 0 Å². The van der Waals surface area contributed by atoms with E-state index in [1.54, 1.807) is 23.1 Å². The van der Waals surface area contributed by atoms with Gasteiger partial charge >= 0.3 is 0 Å². The minimum atomic E-state index is 0.0218. The zero-order valence-electron chi connectivity index (χ0n) is 17.2. The number of carbonyl (C=O) groups is 1. The van der Waals surface area contributed by atoms with Crippen molar-refractivity contribution in [3.8, 4) is 0 Å². The van der Waals surface area contributed by atoms with Gasteiger partial charge in [-0.15, -0.1) is 11.3 Å². The number of carbonyl (C=O) groups excluding carboxylic acids is 1. The summed E-state index contributed by atoms with van der Waals surface area (Å²) in [5.41, 5.74) is 0.808. The molecule has 10 heteroatoms. The van der Waals surface area contributed by atoms with E-state index in [-0.39, 0.29) is 5.91 Å². The number of rotatable bonds is 8. The van der Waals surface area contributed by atoms with Crippen LogP contribution in [0.3, 0.4) is 0 Å². The van der Waals surface area contributed by atoms with Crippen LogP contribution in [0.15, 0.2) is 28.9 Å². The van der Waals surface area contributed by atoms with Crippen molar-refractivity contribution in [3.05, 3.63) is 28.6 Å². The zero-order chi connectivity index (χ0) is 20.9. The van der Waals surface area contributed by atoms with Crippen LogP contribution in [-0.2, 0) is 22.5 Å². The molecule has 0 aliphatic carbocycles. The Labute approximate surface area is 184 Å². The third-order valence-electron chi connectivity index (χ3n) is 4.67. The van der Waals surface area contributed by atoms with Crippen molar-refractivity contribution in [1.29, 1.82) is 0 Å². The number of anilines is 1. The lowest BCUT2D eigenvalue weighted by Gasteiger charge is -2.28. The van der Waals surface area contributed by atoms with Gasteiger partial charge in [0, 0.05) is 29.8 Å². The molecule has 0 unspecified atom stereocenters. The Morgan fingerprint density at radius 1 is 1.33 bits per heavy atom. The second-order valence-electron chi connectivity index (χ2n) is 7.31. The summed E-state index contributed by atoms with van der Waals surface area (Å²) in [7, 11) is 0. The average Bonchev–Trinajstić information content (AvgIpc) is 3.38. The number of thioether (sulfide) groups is 1. The monoisotopic (exact) mass is 446 g/mol. The van der Waals surface area contributed by atoms with Crippen LogP contribution in [-0.4, -0.2) is 63.8 Å². The summed E-state index contributed by atoms with van der Waals surface area (Å²) in [6.45, 7) is 8.34. The van der Waals surface area contributed by atoms with Crippen LogP contribution in [0.5, 0.6) is 0 Å². The van der Waals surface area contributed by atoms with Crippen LogP contribution in [0.4, 0.5) is 5.82 Å². The van der Waals surface area contributed by atoms with Crippen molar-refractivity contribution < 1.29 is 9.53 Å². The normalized spacial score (nSPS) is 14.6. The number of ether oxygens (including phenoxy) is 1. The van der Waals surface area contributed by atoms with Crippen LogP contribution >= 0.6 is 23.1 Å². The van der Waals surface area contributed by atoms with E-state index in [4.69, 9.17) is 14.7 Å². The van der Waals surface area contributed by atoms with Crippen molar-refractivity contribution in [2.24, 2.45) is 0 Å². The van der Waals surface area contributed by atoms with Gasteiger partial charge in [0.25, 0.3) is 0 Å². The van der Waals surface area contributed by atoms with Crippen molar-refractivity contribution in [2.45, 2.75) is 37.2 Å². The molecule has 8 nitrogen and oxygen atoms in total. The van der Waals surface area contributed by atoms with E-state index < -0.39 is 0 Å². The topological polar surface area (TPSA) is 85.2 Å². The smallest absolute Gasteiger partial charge is 0.225 e. The van der Waals surface area contributed by atoms with Gasteiger partial charge in [-0.2, -0.15) is 5.10 Å². The highest BCUT2D eigenvalue weighted by atomic mass is 32.2. The first-order valence-electron chi connectivity index (χ1n) is 10.1. The lowest BCUT2D eigenvalue weighted by atomic mass is 10.3. The highest BCUT2D eigenvalue weighted by Gasteiger charge is 2.20. The number of fused-ring (bicyclic) bond motifs is 1. The predicted octanol–water partition coefficient (Wildman–Crippen LogP) is 2.58. The number of nitrogens with zero attached hydrogens (tertiary/aromatic N) is 5. The van der Waals surface area contributed by atoms with Crippen molar-refractivity contribution in [1.82, 2.24) is 25.1 Å². The molecule has 160 valence electrons. The number of morpholine rings is 1. The van der Waals surface area contributed by atoms with Crippen LogP contribution in [0.25, 0.3) is 11.0 Å². The first-order valence-corrected chi connectivity index (χ1v) is 11.9. The standard InChI is InChI=1S/C20H26N6O2S2/c1-14(2)30-20-23-18(25-7-9-28-10-8-25)16-13-22-26(19(16)24-20)6-5-21-17(27)12-15-4-3-11-29-15/h3-4,11,13-14H,5-10,12H2,1-2H3,(H,21,27). The maximum atomic E-state index is 12.2. The minimum absolute atomic E-state index is 0.0218. The third-order valence-corrected chi connectivity index (χ3v) is 6.41. The van der Waals surface area contributed by atoms with Gasteiger partial charge in [-0.25, -0.2) is 14.6 Å². The summed E-state index contributed by atoms with van der Waals surface area (Å²) >= 11 is 3.24. The number of hydrogen-bond donors (Lipinski definition) is 1. The molecule has 3 aromatic heterocycles. The summed E-state index contributed by atoms with van der Waals surface area (Å²) in [6.07, 6.45) is 2.24. The first-order chi connectivity index (χ1) is 14.6. The Hall–Kier alpha value is -2.17. The molecule has 1 N–H and O–H groups in total. The second kappa shape index (κ2) is 9.76. The van der Waals surface area contributed by atoms with Crippen LogP contribution < -0.4 is 10.2 Å². The molecule has 4 heterocycles. The molecule has 1 saturated heterocycles. The maximum absolute atomic E-state index is 12.2. The number of aromatic nitrogens is 4. The lowest BCUT2D eigenvalue weighted by molar-refractivity contribution is -0.120. The Balaban J connectivity index is 1.50. The quantitative estimate of drug-likeness (QED) is 0.420. The summed E-state index contributed by atoms with van der Waals surface area (Å²) in [5, 5.41) is 11.6. The number of amides is 1. The molecular formula is C20H26N6O2S2. The SMILES string of the molecule is CC(C)Sc1nc(N2CCOCC2)c2cnn(CCNC(=O)Cc3cccs3)c2n1. The lowest BCUT2D eigenvalue weighted by Crippen LogP contribution is -2.37. The Morgan fingerprint density at radius 3 is 2.90 bits per heavy atom. The molecule has 1 aliphatic heterocycles. The molecule has 1 fully saturated rings. The Morgan fingerprint density at radius 2 is 2.17 bits per heavy atom. The van der Waals surface area contributed by atoms with E-state index in [0.29, 0.717) is 38.0 Å². The summed E-state index contributed by atoms with van der Waals surface area (Å²) in [5.74, 6) is 0.938. The molecule has 0 saturated carbocycles. The minimum Gasteiger partial charge on any atom is -0.378 e. The van der Waals surface area contributed by atoms with E-state index in [9.17, 15) is 4.79 Å². The van der Waals surface area contributed by atoms with Gasteiger partial charge in [-0.3, -0.25) is 4.79 Å². The largest absolute Gasteiger partial charge is 0.378 e. The van der Waals surface area contributed by atoms with E-state index >= 15 is 0 Å². The summed E-state index contributed by atoms with van der Waals surface area (Å²) < 4.78 is 7.35. The number of nitrogens with one attached hydrogen (secondary N) is 1. The molecule has 0 spiro atoms. The zero-order valence-corrected chi connectivity index (χ0v) is 18.8. The van der Waals surface area contributed by atoms with Gasteiger partial charge in [-0.1, -0.05) is 31.7 Å². The molecule has 4 rings (SSSR count). The first kappa shape index (κ1) is 21.1. The fourth-order valence-corrected chi connectivity index (χ4v) is 4.70. The molecule has 30 heavy (non-hydrogen) atoms. The van der Waals surface area contributed by atoms with Gasteiger partial charge in [-0.05, 0) is 11.4 Å². The van der Waals surface area contributed by atoms with E-state index in [0.717, 1.165) is 40.0 Å². The van der Waals surface area contributed by atoms with Crippen LogP contribution in [0.2, 0.25) is 0 Å². The molecule has 3 aromatic rings. The molecule has 0 bridgehead atoms. The third kappa shape index (κ3) is 5.11. The van der Waals surface area contributed by atoms with Crippen LogP contribution in [0, 0.1) is 0 Å². The molecule has 1 aliphatic rings. The van der Waals surface area contributed by atoms with E-state index in [1.165, 1.54) is 0 Å². The molecular weight excluding hydrogens is 420 g/mol. The highest BCUT2D eigenvalue weighted by molar-refractivity contribution is 7.99. The summed E-state index contributed by atoms with van der Waals surface area (Å²) in [4.78, 5) is 25.1. The predicted molar refractivity (Wildman–Crippen MR) is 120 cm³/mol. The van der Waals surface area contributed by atoms with Gasteiger partial charge < -0.3 is 15.0 Å². The average molecular weight is 447 g/mol. The van der Waals surface area contributed by atoms with E-state index in [2.05, 4.69) is 29.2 Å². The molecule has 1 amide bonds. The van der Waals surface area contributed by atoms with Gasteiger partial charge in [0.2, 0.25) is 5.91 Å². The Bertz CT molecular complexity index is 983.